The summed E-state index contributed by atoms with van der Waals surface area (Å²) in [6.45, 7) is 6.09. The summed E-state index contributed by atoms with van der Waals surface area (Å²) in [5.74, 6) is -12.2. The molecule has 23 N–H and O–H groups in total. The van der Waals surface area contributed by atoms with Crippen LogP contribution in [0, 0.1) is 5.92 Å². The Labute approximate surface area is 622 Å². The first kappa shape index (κ1) is 88.3. The number of unbranched alkanes of at least 4 members (excludes halogenated alkanes) is 2. The van der Waals surface area contributed by atoms with Crippen LogP contribution in [-0.2, 0) is 80.0 Å². The largest absolute Gasteiger partial charge is 0.394 e. The Morgan fingerprint density at radius 3 is 1.69 bits per heavy atom. The first-order valence-corrected chi connectivity index (χ1v) is 36.8. The van der Waals surface area contributed by atoms with E-state index in [1.807, 2.05) is 37.3 Å². The summed E-state index contributed by atoms with van der Waals surface area (Å²) >= 11 is 8.58. The molecule has 0 radical (unpaired) electrons. The first-order chi connectivity index (χ1) is 50.0. The van der Waals surface area contributed by atoms with Gasteiger partial charge in [0.2, 0.25) is 82.7 Å². The minimum Gasteiger partial charge on any atom is -0.394 e. The molecular formula is C67H109N21O15S2. The van der Waals surface area contributed by atoms with E-state index in [0.717, 1.165) is 12.0 Å². The lowest BCUT2D eigenvalue weighted by Crippen LogP contribution is -2.61. The van der Waals surface area contributed by atoms with E-state index in [0.29, 0.717) is 57.2 Å². The van der Waals surface area contributed by atoms with Crippen LogP contribution >= 0.6 is 25.3 Å². The smallest absolute Gasteiger partial charge is 0.245 e. The highest BCUT2D eigenvalue weighted by atomic mass is 32.1. The van der Waals surface area contributed by atoms with Crippen molar-refractivity contribution in [3.8, 4) is 0 Å². The average Bonchev–Trinajstić information content (AvgIpc) is 1.74. The number of nitrogens with one attached hydrogen (secondary N) is 12. The van der Waals surface area contributed by atoms with Crippen LogP contribution in [0.1, 0.15) is 135 Å². The average molecular weight is 1510 g/mol. The van der Waals surface area contributed by atoms with Crippen LogP contribution in [-0.4, -0.2) is 243 Å². The quantitative estimate of drug-likeness (QED) is 0.0127. The number of hydrogen-bond acceptors (Lipinski definition) is 21. The minimum atomic E-state index is -1.73. The van der Waals surface area contributed by atoms with Gasteiger partial charge in [-0.05, 0) is 108 Å². The molecule has 2 aliphatic heterocycles. The number of nitrogens with two attached hydrogens (primary N) is 5. The minimum absolute atomic E-state index is 0.00300. The summed E-state index contributed by atoms with van der Waals surface area (Å²) in [5, 5.41) is 39.1. The molecule has 584 valence electrons. The third-order valence-electron chi connectivity index (χ3n) is 17.4. The molecule has 12 atom stereocenters. The highest BCUT2D eigenvalue weighted by Gasteiger charge is 2.42. The molecule has 0 bridgehead atoms. The van der Waals surface area contributed by atoms with Gasteiger partial charge in [0.05, 0.1) is 25.5 Å². The molecule has 105 heavy (non-hydrogen) atoms. The Morgan fingerprint density at radius 1 is 0.600 bits per heavy atom. The Bertz CT molecular complexity index is 3240. The fourth-order valence-corrected chi connectivity index (χ4v) is 12.2. The zero-order chi connectivity index (χ0) is 77.7. The molecule has 0 spiro atoms. The second-order valence-corrected chi connectivity index (χ2v) is 27.1. The summed E-state index contributed by atoms with van der Waals surface area (Å²) in [6.07, 6.45) is 6.29. The van der Waals surface area contributed by atoms with Gasteiger partial charge in [0.15, 0.2) is 5.96 Å². The van der Waals surface area contributed by atoms with Crippen LogP contribution in [0.2, 0.25) is 0 Å². The summed E-state index contributed by atoms with van der Waals surface area (Å²) < 4.78 is 0. The van der Waals surface area contributed by atoms with E-state index in [9.17, 15) is 72.2 Å². The van der Waals surface area contributed by atoms with E-state index in [2.05, 4.69) is 98.7 Å². The van der Waals surface area contributed by atoms with Gasteiger partial charge in [-0.2, -0.15) is 25.3 Å². The molecule has 2 saturated heterocycles. The maximum absolute atomic E-state index is 14.6. The molecule has 0 aliphatic carbocycles. The van der Waals surface area contributed by atoms with E-state index < -0.39 is 169 Å². The number of primary amides is 1. The number of rotatable bonds is 47. The number of imidazole rings is 1. The van der Waals surface area contributed by atoms with E-state index in [4.69, 9.17) is 28.7 Å². The van der Waals surface area contributed by atoms with Gasteiger partial charge in [-0.1, -0.05) is 63.9 Å². The normalized spacial score (nSPS) is 16.9. The van der Waals surface area contributed by atoms with Gasteiger partial charge in [-0.15, -0.1) is 0 Å². The molecular weight excluding hydrogens is 1400 g/mol. The lowest BCUT2D eigenvalue weighted by Gasteiger charge is -2.31. The standard InChI is InChI=1S/C67H109N21O15S2/c1-5-6-17-42(56(93)74-27-24-40-15-8-7-9-16-40)80-64(101)51-20-13-28-87(51)54(91)33-76-57(94)43(18-10-11-25-68)78-62(99)49(35-104)85-61(98)48(34-89)84-59(96)46(30-38(2)3)83-63(100)50(36-105)86-65(102)52-21-14-29-88(52)66(103)45(19-12-26-75-67(71)72)81-58(95)44(22-23-53(70)90)79-60(97)47(82-55(92)39(4)69)31-41-32-73-37-77-41/h7-9,15-16,32,37-39,42-52,89,104-105H,5-6,10-14,17-31,33-36,68-69H2,1-4H3,(H2,70,90)(H,73,77)(H,74,93)(H,76,94)(H,78,99)(H,79,97)(H,80,101)(H,81,95)(H,82,92)(H,83,100)(H,84,96)(H,85,98)(H,86,102)(H4,71,72,75)/t39-,42?,43-,44-,45-,46-,47-,48-,49-,50-,51-,52-/m0/s1. The van der Waals surface area contributed by atoms with Gasteiger partial charge >= 0.3 is 0 Å². The maximum Gasteiger partial charge on any atom is 0.245 e. The van der Waals surface area contributed by atoms with Crippen LogP contribution < -0.4 is 87.2 Å². The lowest BCUT2D eigenvalue weighted by molar-refractivity contribution is -0.142. The van der Waals surface area contributed by atoms with E-state index in [-0.39, 0.29) is 107 Å². The van der Waals surface area contributed by atoms with Crippen molar-refractivity contribution in [1.29, 1.82) is 0 Å². The highest BCUT2D eigenvalue weighted by Crippen LogP contribution is 2.22. The molecule has 1 aromatic carbocycles. The summed E-state index contributed by atoms with van der Waals surface area (Å²) in [6, 6.07) is -5.96. The van der Waals surface area contributed by atoms with Crippen molar-refractivity contribution in [2.24, 2.45) is 39.6 Å². The molecule has 0 saturated carbocycles. The van der Waals surface area contributed by atoms with Crippen LogP contribution in [0.5, 0.6) is 0 Å². The Hall–Kier alpha value is -9.14. The fourth-order valence-electron chi connectivity index (χ4n) is 11.7. The summed E-state index contributed by atoms with van der Waals surface area (Å²) in [5.41, 5.74) is 29.5. The van der Waals surface area contributed by atoms with Crippen LogP contribution in [0.25, 0.3) is 0 Å². The van der Waals surface area contributed by atoms with Crippen LogP contribution in [0.3, 0.4) is 0 Å². The van der Waals surface area contributed by atoms with Gasteiger partial charge in [-0.25, -0.2) is 4.98 Å². The van der Waals surface area contributed by atoms with Crippen LogP contribution in [0.4, 0.5) is 0 Å². The number of carbonyl (C=O) groups is 14. The number of likely N-dealkylation sites (tertiary alicyclic amines) is 2. The number of aliphatic hydroxyl groups excluding tert-OH is 1. The second kappa shape index (κ2) is 46.6. The van der Waals surface area contributed by atoms with Crippen molar-refractivity contribution < 1.29 is 72.2 Å². The number of hydrogen-bond donors (Lipinski definition) is 20. The third kappa shape index (κ3) is 30.5. The van der Waals surface area contributed by atoms with Gasteiger partial charge in [0.1, 0.15) is 66.5 Å². The van der Waals surface area contributed by atoms with Gasteiger partial charge in [-0.3, -0.25) is 72.1 Å². The van der Waals surface area contributed by atoms with Crippen molar-refractivity contribution in [2.45, 2.75) is 209 Å². The van der Waals surface area contributed by atoms with Crippen LogP contribution in [0.15, 0.2) is 47.8 Å². The molecule has 36 nitrogen and oxygen atoms in total. The predicted molar refractivity (Wildman–Crippen MR) is 394 cm³/mol. The Kier molecular flexibility index (Phi) is 39.2. The number of aliphatic hydroxyl groups is 1. The highest BCUT2D eigenvalue weighted by molar-refractivity contribution is 7.80. The molecule has 2 fully saturated rings. The van der Waals surface area contributed by atoms with E-state index in [1.54, 1.807) is 13.8 Å². The Balaban J connectivity index is 1.41. The molecule has 14 amide bonds. The third-order valence-corrected chi connectivity index (χ3v) is 18.2. The van der Waals surface area contributed by atoms with Crippen molar-refractivity contribution in [3.05, 3.63) is 54.1 Å². The topological polar surface area (TPSA) is 569 Å². The second-order valence-electron chi connectivity index (χ2n) is 26.4. The summed E-state index contributed by atoms with van der Waals surface area (Å²) in [7, 11) is 0. The summed E-state index contributed by atoms with van der Waals surface area (Å²) in [4.78, 5) is 206. The zero-order valence-electron chi connectivity index (χ0n) is 60.2. The van der Waals surface area contributed by atoms with Crippen molar-refractivity contribution in [2.75, 3.05) is 57.4 Å². The van der Waals surface area contributed by atoms with Gasteiger partial charge in [0.25, 0.3) is 0 Å². The number of H-pyrrole nitrogens is 1. The fraction of sp³-hybridized carbons (Fsp3) is 0.642. The molecule has 1 unspecified atom stereocenters. The number of guanidine groups is 1. The Morgan fingerprint density at radius 2 is 1.10 bits per heavy atom. The molecule has 2 aromatic rings. The first-order valence-electron chi connectivity index (χ1n) is 35.6. The van der Waals surface area contributed by atoms with Crippen molar-refractivity contribution in [3.63, 3.8) is 0 Å². The van der Waals surface area contributed by atoms with E-state index >= 15 is 0 Å². The molecule has 38 heteroatoms. The van der Waals surface area contributed by atoms with Crippen molar-refractivity contribution >= 4 is 114 Å². The number of carbonyl (C=O) groups excluding carboxylic acids is 14. The number of nitrogens with zero attached hydrogens (tertiary/aromatic N) is 4. The van der Waals surface area contributed by atoms with E-state index in [1.165, 1.54) is 29.2 Å². The number of benzene rings is 1. The number of amides is 14. The number of aromatic amines is 1. The number of aliphatic imine (C=N–C) groups is 1. The zero-order valence-corrected chi connectivity index (χ0v) is 62.0. The van der Waals surface area contributed by atoms with Gasteiger partial charge in [0, 0.05) is 62.4 Å². The number of thiol groups is 2. The van der Waals surface area contributed by atoms with Crippen molar-refractivity contribution in [1.82, 2.24) is 78.3 Å². The molecule has 3 heterocycles. The molecule has 1 aromatic heterocycles. The monoisotopic (exact) mass is 1510 g/mol. The maximum atomic E-state index is 14.6. The van der Waals surface area contributed by atoms with Gasteiger partial charge < -0.3 is 107 Å². The lowest BCUT2D eigenvalue weighted by atomic mass is 10.0. The predicted octanol–water partition coefficient (Wildman–Crippen LogP) is -5.34. The molecule has 2 aliphatic rings. The number of aromatic nitrogens is 2. The SMILES string of the molecule is CCCCC(NC(=O)[C@@H]1CCCN1C(=O)CNC(=O)[C@H](CCCCN)NC(=O)[C@H](CS)NC(=O)[C@H](CO)NC(=O)[C@H](CC(C)C)NC(=O)[C@H](CS)NC(=O)[C@@H]1CCCN1C(=O)[C@H](CCCN=C(N)N)NC(=O)[C@H](CCC(N)=O)NC(=O)[C@H](Cc1cnc[nH]1)NC(=O)[C@H](C)N)C(=O)NCCc1ccccc1. The molecule has 4 rings (SSSR count).